The lowest BCUT2D eigenvalue weighted by molar-refractivity contribution is -0.0835. The summed E-state index contributed by atoms with van der Waals surface area (Å²) >= 11 is 0. The van der Waals surface area contributed by atoms with Gasteiger partial charge in [0.2, 0.25) is 0 Å². The molecule has 5 rings (SSSR count). The van der Waals surface area contributed by atoms with Gasteiger partial charge in [0, 0.05) is 49.2 Å². The van der Waals surface area contributed by atoms with Gasteiger partial charge in [-0.1, -0.05) is 30.3 Å². The third-order valence-electron chi connectivity index (χ3n) is 6.03. The minimum Gasteiger partial charge on any atom is -0.378 e. The second-order valence-electron chi connectivity index (χ2n) is 8.03. The van der Waals surface area contributed by atoms with Crippen LogP contribution in [0.2, 0.25) is 0 Å². The van der Waals surface area contributed by atoms with Crippen LogP contribution in [-0.2, 0) is 11.3 Å². The molecule has 2 aliphatic heterocycles. The minimum atomic E-state index is 0.367. The minimum absolute atomic E-state index is 0.367. The summed E-state index contributed by atoms with van der Waals surface area (Å²) in [5, 5.41) is 4.55. The second kappa shape index (κ2) is 7.28. The van der Waals surface area contributed by atoms with Crippen LogP contribution in [0, 0.1) is 13.8 Å². The van der Waals surface area contributed by atoms with Crippen molar-refractivity contribution >= 4 is 5.65 Å². The third kappa shape index (κ3) is 3.21. The Bertz CT molecular complexity index is 970. The molecule has 6 nitrogen and oxygen atoms in total. The first kappa shape index (κ1) is 17.8. The maximum atomic E-state index is 5.99. The molecule has 2 saturated heterocycles. The quantitative estimate of drug-likeness (QED) is 0.702. The predicted molar refractivity (Wildman–Crippen MR) is 108 cm³/mol. The number of morpholine rings is 1. The fourth-order valence-corrected chi connectivity index (χ4v) is 4.68. The predicted octanol–water partition coefficient (Wildman–Crippen LogP) is 2.60. The Hall–Kier alpha value is -2.28. The molecule has 28 heavy (non-hydrogen) atoms. The summed E-state index contributed by atoms with van der Waals surface area (Å²) in [4.78, 5) is 9.89. The SMILES string of the molecule is Cc1cc(C)n2ncc(CN3CCN4[C@@H](COC[C@@H]4c4ccccc4)C3)c2n1. The average molecular weight is 377 g/mol. The molecule has 0 radical (unpaired) electrons. The van der Waals surface area contributed by atoms with E-state index in [4.69, 9.17) is 9.72 Å². The summed E-state index contributed by atoms with van der Waals surface area (Å²) in [5.74, 6) is 0. The second-order valence-corrected chi connectivity index (χ2v) is 8.03. The summed E-state index contributed by atoms with van der Waals surface area (Å²) in [7, 11) is 0. The number of hydrogen-bond acceptors (Lipinski definition) is 5. The zero-order valence-corrected chi connectivity index (χ0v) is 16.6. The van der Waals surface area contributed by atoms with E-state index in [-0.39, 0.29) is 0 Å². The van der Waals surface area contributed by atoms with Gasteiger partial charge in [0.25, 0.3) is 0 Å². The zero-order chi connectivity index (χ0) is 19.1. The van der Waals surface area contributed by atoms with Crippen LogP contribution in [0.5, 0.6) is 0 Å². The highest BCUT2D eigenvalue weighted by molar-refractivity contribution is 5.47. The van der Waals surface area contributed by atoms with Crippen LogP contribution >= 0.6 is 0 Å². The number of ether oxygens (including phenoxy) is 1. The van der Waals surface area contributed by atoms with Crippen molar-refractivity contribution in [2.75, 3.05) is 32.8 Å². The maximum Gasteiger partial charge on any atom is 0.159 e. The molecule has 146 valence electrons. The Balaban J connectivity index is 1.33. The van der Waals surface area contributed by atoms with E-state index in [1.165, 1.54) is 11.1 Å². The fourth-order valence-electron chi connectivity index (χ4n) is 4.68. The molecule has 2 aliphatic rings. The molecule has 2 atom stereocenters. The van der Waals surface area contributed by atoms with E-state index in [0.29, 0.717) is 12.1 Å². The van der Waals surface area contributed by atoms with Gasteiger partial charge in [-0.05, 0) is 25.5 Å². The Morgan fingerprint density at radius 2 is 1.96 bits per heavy atom. The van der Waals surface area contributed by atoms with Crippen LogP contribution in [0.25, 0.3) is 5.65 Å². The van der Waals surface area contributed by atoms with Gasteiger partial charge in [0.1, 0.15) is 0 Å². The first-order valence-corrected chi connectivity index (χ1v) is 10.1. The van der Waals surface area contributed by atoms with Crippen LogP contribution < -0.4 is 0 Å². The summed E-state index contributed by atoms with van der Waals surface area (Å²) in [6.07, 6.45) is 1.98. The van der Waals surface area contributed by atoms with Gasteiger partial charge in [-0.25, -0.2) is 9.50 Å². The van der Waals surface area contributed by atoms with Crippen molar-refractivity contribution in [2.24, 2.45) is 0 Å². The molecule has 0 N–H and O–H groups in total. The smallest absolute Gasteiger partial charge is 0.159 e. The average Bonchev–Trinajstić information content (AvgIpc) is 3.11. The molecular weight excluding hydrogens is 350 g/mol. The molecule has 0 bridgehead atoms. The number of fused-ring (bicyclic) bond motifs is 2. The largest absolute Gasteiger partial charge is 0.378 e. The van der Waals surface area contributed by atoms with Crippen LogP contribution in [0.3, 0.4) is 0 Å². The van der Waals surface area contributed by atoms with Crippen molar-refractivity contribution in [3.63, 3.8) is 0 Å². The Labute approximate surface area is 165 Å². The summed E-state index contributed by atoms with van der Waals surface area (Å²) in [5.41, 5.74) is 5.73. The van der Waals surface area contributed by atoms with E-state index in [1.54, 1.807) is 0 Å². The van der Waals surface area contributed by atoms with E-state index in [0.717, 1.165) is 56.4 Å². The van der Waals surface area contributed by atoms with Crippen molar-refractivity contribution < 1.29 is 4.74 Å². The highest BCUT2D eigenvalue weighted by atomic mass is 16.5. The Kier molecular flexibility index (Phi) is 4.62. The molecule has 0 saturated carbocycles. The zero-order valence-electron chi connectivity index (χ0n) is 16.6. The van der Waals surface area contributed by atoms with Gasteiger partial charge >= 0.3 is 0 Å². The normalized spacial score (nSPS) is 23.8. The summed E-state index contributed by atoms with van der Waals surface area (Å²) in [6, 6.07) is 13.6. The number of hydrogen-bond donors (Lipinski definition) is 0. The first-order valence-electron chi connectivity index (χ1n) is 10.1. The molecule has 2 fully saturated rings. The molecule has 0 unspecified atom stereocenters. The number of nitrogens with zero attached hydrogens (tertiary/aromatic N) is 5. The Morgan fingerprint density at radius 1 is 1.11 bits per heavy atom. The maximum absolute atomic E-state index is 5.99. The van der Waals surface area contributed by atoms with E-state index in [9.17, 15) is 0 Å². The highest BCUT2D eigenvalue weighted by Gasteiger charge is 2.36. The molecule has 2 aromatic heterocycles. The molecule has 0 amide bonds. The lowest BCUT2D eigenvalue weighted by atomic mass is 10.00. The van der Waals surface area contributed by atoms with Gasteiger partial charge in [-0.3, -0.25) is 9.80 Å². The molecule has 4 heterocycles. The van der Waals surface area contributed by atoms with Crippen molar-refractivity contribution in [1.29, 1.82) is 0 Å². The van der Waals surface area contributed by atoms with Gasteiger partial charge in [-0.2, -0.15) is 5.10 Å². The monoisotopic (exact) mass is 377 g/mol. The highest BCUT2D eigenvalue weighted by Crippen LogP contribution is 2.30. The van der Waals surface area contributed by atoms with Crippen molar-refractivity contribution in [2.45, 2.75) is 32.5 Å². The molecule has 1 aromatic carbocycles. The van der Waals surface area contributed by atoms with Crippen LogP contribution in [0.15, 0.2) is 42.6 Å². The van der Waals surface area contributed by atoms with E-state index < -0.39 is 0 Å². The van der Waals surface area contributed by atoms with Gasteiger partial charge in [0.15, 0.2) is 5.65 Å². The van der Waals surface area contributed by atoms with Crippen LogP contribution in [-0.4, -0.2) is 63.3 Å². The number of benzene rings is 1. The third-order valence-corrected chi connectivity index (χ3v) is 6.03. The van der Waals surface area contributed by atoms with Crippen molar-refractivity contribution in [3.8, 4) is 0 Å². The molecule has 0 aliphatic carbocycles. The molecular formula is C22H27N5O. The summed E-state index contributed by atoms with van der Waals surface area (Å²) < 4.78 is 7.95. The molecule has 6 heteroatoms. The van der Waals surface area contributed by atoms with E-state index >= 15 is 0 Å². The van der Waals surface area contributed by atoms with Crippen molar-refractivity contribution in [3.05, 3.63) is 65.1 Å². The number of aryl methyl sites for hydroxylation is 2. The number of rotatable bonds is 3. The Morgan fingerprint density at radius 3 is 2.82 bits per heavy atom. The number of aromatic nitrogens is 3. The first-order chi connectivity index (χ1) is 13.7. The van der Waals surface area contributed by atoms with Gasteiger partial charge in [0.05, 0.1) is 25.5 Å². The van der Waals surface area contributed by atoms with E-state index in [1.807, 2.05) is 17.6 Å². The number of piperazine rings is 1. The lowest BCUT2D eigenvalue weighted by Gasteiger charge is -2.48. The fraction of sp³-hybridized carbons (Fsp3) is 0.455. The van der Waals surface area contributed by atoms with Gasteiger partial charge < -0.3 is 4.74 Å². The van der Waals surface area contributed by atoms with Crippen LogP contribution in [0.4, 0.5) is 0 Å². The lowest BCUT2D eigenvalue weighted by Crippen LogP contribution is -2.58. The summed E-state index contributed by atoms with van der Waals surface area (Å²) in [6.45, 7) is 9.76. The van der Waals surface area contributed by atoms with E-state index in [2.05, 4.69) is 58.2 Å². The molecule has 3 aromatic rings. The van der Waals surface area contributed by atoms with Gasteiger partial charge in [-0.15, -0.1) is 0 Å². The molecule has 0 spiro atoms. The topological polar surface area (TPSA) is 45.9 Å². The standard InChI is InChI=1S/C22H27N5O/c1-16-10-17(2)27-22(24-16)19(11-23-27)12-25-8-9-26-20(13-25)14-28-15-21(26)18-6-4-3-5-7-18/h3-7,10-11,20-21H,8-9,12-15H2,1-2H3/t20-,21-/m1/s1. The van der Waals surface area contributed by atoms with Crippen molar-refractivity contribution in [1.82, 2.24) is 24.4 Å². The van der Waals surface area contributed by atoms with Crippen LogP contribution in [0.1, 0.15) is 28.6 Å².